The molecule has 0 saturated carbocycles. The van der Waals surface area contributed by atoms with Crippen molar-refractivity contribution in [2.24, 2.45) is 0 Å². The maximum absolute atomic E-state index is 12.4. The van der Waals surface area contributed by atoms with Crippen LogP contribution in [0.5, 0.6) is 0 Å². The zero-order chi connectivity index (χ0) is 15.7. The van der Waals surface area contributed by atoms with E-state index in [9.17, 15) is 9.59 Å². The summed E-state index contributed by atoms with van der Waals surface area (Å²) >= 11 is 0. The quantitative estimate of drug-likeness (QED) is 0.785. The Hall–Kier alpha value is -2.74. The predicted octanol–water partition coefficient (Wildman–Crippen LogP) is 3.92. The summed E-state index contributed by atoms with van der Waals surface area (Å²) in [6, 6.07) is 15.2. The van der Waals surface area contributed by atoms with Gasteiger partial charge in [0, 0.05) is 11.1 Å². The molecule has 0 bridgehead atoms. The molecule has 0 fully saturated rings. The van der Waals surface area contributed by atoms with Gasteiger partial charge in [-0.3, -0.25) is 9.59 Å². The number of aryl methyl sites for hydroxylation is 2. The van der Waals surface area contributed by atoms with Crippen molar-refractivity contribution in [3.8, 4) is 0 Å². The summed E-state index contributed by atoms with van der Waals surface area (Å²) < 4.78 is 0. The molecule has 0 spiro atoms. The minimum atomic E-state index is -0.126. The Labute approximate surface area is 129 Å². The van der Waals surface area contributed by atoms with Crippen LogP contribution in [0, 0.1) is 13.8 Å². The molecule has 2 nitrogen and oxygen atoms in total. The molecule has 22 heavy (non-hydrogen) atoms. The van der Waals surface area contributed by atoms with E-state index in [0.717, 1.165) is 22.3 Å². The third kappa shape index (κ3) is 2.68. The first-order valence-electron chi connectivity index (χ1n) is 7.21. The molecule has 0 N–H and O–H groups in total. The molecule has 0 heterocycles. The lowest BCUT2D eigenvalue weighted by molar-refractivity contribution is -0.112. The number of allylic oxidation sites excluding steroid dienone is 4. The van der Waals surface area contributed by atoms with Gasteiger partial charge in [-0.15, -0.1) is 0 Å². The van der Waals surface area contributed by atoms with E-state index in [1.807, 2.05) is 62.4 Å². The highest BCUT2D eigenvalue weighted by molar-refractivity contribution is 6.43. The van der Waals surface area contributed by atoms with Gasteiger partial charge in [-0.1, -0.05) is 59.7 Å². The molecule has 0 aliphatic heterocycles. The van der Waals surface area contributed by atoms with E-state index in [2.05, 4.69) is 0 Å². The van der Waals surface area contributed by atoms with Crippen LogP contribution < -0.4 is 0 Å². The fourth-order valence-electron chi connectivity index (χ4n) is 2.48. The molecule has 0 aromatic heterocycles. The zero-order valence-corrected chi connectivity index (χ0v) is 12.6. The van der Waals surface area contributed by atoms with Crippen molar-refractivity contribution in [2.75, 3.05) is 0 Å². The molecule has 0 amide bonds. The lowest BCUT2D eigenvalue weighted by Gasteiger charge is -2.13. The number of carbonyl (C=O) groups excluding carboxylic acids is 2. The monoisotopic (exact) mass is 288 g/mol. The summed E-state index contributed by atoms with van der Waals surface area (Å²) in [5.41, 5.74) is 4.72. The maximum Gasteiger partial charge on any atom is 0.187 e. The van der Waals surface area contributed by atoms with Crippen molar-refractivity contribution < 1.29 is 9.59 Å². The Kier molecular flexibility index (Phi) is 3.60. The van der Waals surface area contributed by atoms with Crippen LogP contribution in [0.3, 0.4) is 0 Å². The summed E-state index contributed by atoms with van der Waals surface area (Å²) in [6.07, 6.45) is 2.89. The third-order valence-corrected chi connectivity index (χ3v) is 3.81. The van der Waals surface area contributed by atoms with Crippen molar-refractivity contribution >= 4 is 22.7 Å². The van der Waals surface area contributed by atoms with Crippen molar-refractivity contribution in [1.82, 2.24) is 0 Å². The minimum absolute atomic E-state index is 0.126. The van der Waals surface area contributed by atoms with E-state index in [0.29, 0.717) is 11.1 Å². The molecule has 1 aliphatic carbocycles. The lowest BCUT2D eigenvalue weighted by Crippen LogP contribution is -2.11. The summed E-state index contributed by atoms with van der Waals surface area (Å²) in [6.45, 7) is 3.98. The largest absolute Gasteiger partial charge is 0.289 e. The van der Waals surface area contributed by atoms with Gasteiger partial charge in [-0.2, -0.15) is 0 Å². The second-order valence-electron chi connectivity index (χ2n) is 5.58. The molecule has 0 radical (unpaired) electrons. The van der Waals surface area contributed by atoms with Gasteiger partial charge in [0.05, 0.1) is 0 Å². The molecular weight excluding hydrogens is 272 g/mol. The van der Waals surface area contributed by atoms with Gasteiger partial charge in [0.2, 0.25) is 0 Å². The first-order valence-corrected chi connectivity index (χ1v) is 7.21. The summed E-state index contributed by atoms with van der Waals surface area (Å²) in [5.74, 6) is -0.252. The number of benzene rings is 2. The van der Waals surface area contributed by atoms with Crippen LogP contribution >= 0.6 is 0 Å². The highest BCUT2D eigenvalue weighted by Crippen LogP contribution is 2.27. The highest BCUT2D eigenvalue weighted by atomic mass is 16.1. The third-order valence-electron chi connectivity index (χ3n) is 3.81. The van der Waals surface area contributed by atoms with Crippen LogP contribution in [0.2, 0.25) is 0 Å². The number of rotatable bonds is 2. The average Bonchev–Trinajstić information content (AvgIpc) is 2.51. The van der Waals surface area contributed by atoms with Crippen molar-refractivity contribution in [1.29, 1.82) is 0 Å². The Morgan fingerprint density at radius 3 is 1.18 bits per heavy atom. The smallest absolute Gasteiger partial charge is 0.187 e. The number of carbonyl (C=O) groups is 2. The van der Waals surface area contributed by atoms with E-state index in [1.54, 1.807) is 0 Å². The van der Waals surface area contributed by atoms with Gasteiger partial charge in [0.15, 0.2) is 11.6 Å². The maximum atomic E-state index is 12.4. The van der Waals surface area contributed by atoms with Gasteiger partial charge >= 0.3 is 0 Å². The molecule has 0 atom stereocenters. The summed E-state index contributed by atoms with van der Waals surface area (Å²) in [4.78, 5) is 24.8. The molecule has 2 heteroatoms. The fourth-order valence-corrected chi connectivity index (χ4v) is 2.48. The van der Waals surface area contributed by atoms with Crippen LogP contribution in [-0.2, 0) is 9.59 Å². The van der Waals surface area contributed by atoms with Crippen LogP contribution in [0.15, 0.2) is 60.7 Å². The Bertz CT molecular complexity index is 732. The predicted molar refractivity (Wildman–Crippen MR) is 88.3 cm³/mol. The topological polar surface area (TPSA) is 34.1 Å². The Balaban J connectivity index is 1.96. The van der Waals surface area contributed by atoms with Gasteiger partial charge < -0.3 is 0 Å². The Morgan fingerprint density at radius 2 is 0.864 bits per heavy atom. The molecule has 3 rings (SSSR count). The Morgan fingerprint density at radius 1 is 0.545 bits per heavy atom. The van der Waals surface area contributed by atoms with Gasteiger partial charge in [0.1, 0.15) is 0 Å². The van der Waals surface area contributed by atoms with Crippen LogP contribution in [0.4, 0.5) is 0 Å². The van der Waals surface area contributed by atoms with Crippen LogP contribution in [0.25, 0.3) is 11.1 Å². The highest BCUT2D eigenvalue weighted by Gasteiger charge is 2.22. The average molecular weight is 288 g/mol. The molecule has 1 aliphatic rings. The fraction of sp³-hybridized carbons (Fsp3) is 0.100. The first kappa shape index (κ1) is 14.2. The molecule has 2 aromatic rings. The summed E-state index contributed by atoms with van der Waals surface area (Å²) in [5, 5.41) is 0. The second-order valence-corrected chi connectivity index (χ2v) is 5.58. The molecule has 0 unspecified atom stereocenters. The van der Waals surface area contributed by atoms with Crippen molar-refractivity contribution in [3.05, 3.63) is 82.9 Å². The molecule has 2 aromatic carbocycles. The standard InChI is InChI=1S/C20H16O2/c1-13-3-7-15(8-4-13)17-11-20(22)18(12-19(17)21)16-9-5-14(2)6-10-16/h3-12H,1-2H3. The molecular formula is C20H16O2. The van der Waals surface area contributed by atoms with Crippen LogP contribution in [0.1, 0.15) is 22.3 Å². The molecule has 0 saturated heterocycles. The van der Waals surface area contributed by atoms with E-state index < -0.39 is 0 Å². The van der Waals surface area contributed by atoms with Crippen molar-refractivity contribution in [2.45, 2.75) is 13.8 Å². The second kappa shape index (κ2) is 5.57. The van der Waals surface area contributed by atoms with Gasteiger partial charge in [0.25, 0.3) is 0 Å². The van der Waals surface area contributed by atoms with Gasteiger partial charge in [-0.25, -0.2) is 0 Å². The van der Waals surface area contributed by atoms with Crippen LogP contribution in [-0.4, -0.2) is 11.6 Å². The SMILES string of the molecule is Cc1ccc(C2=CC(=O)C(c3ccc(C)cc3)=CC2=O)cc1. The van der Waals surface area contributed by atoms with Crippen molar-refractivity contribution in [3.63, 3.8) is 0 Å². The zero-order valence-electron chi connectivity index (χ0n) is 12.6. The number of hydrogen-bond acceptors (Lipinski definition) is 2. The number of ketones is 2. The normalized spacial score (nSPS) is 14.6. The van der Waals surface area contributed by atoms with Gasteiger partial charge in [-0.05, 0) is 37.1 Å². The molecule has 108 valence electrons. The van der Waals surface area contributed by atoms with E-state index >= 15 is 0 Å². The first-order chi connectivity index (χ1) is 10.5. The van der Waals surface area contributed by atoms with E-state index in [4.69, 9.17) is 0 Å². The summed E-state index contributed by atoms with van der Waals surface area (Å²) in [7, 11) is 0. The minimum Gasteiger partial charge on any atom is -0.289 e. The lowest BCUT2D eigenvalue weighted by atomic mass is 9.88. The number of hydrogen-bond donors (Lipinski definition) is 0. The van der Waals surface area contributed by atoms with E-state index in [1.165, 1.54) is 12.2 Å². The van der Waals surface area contributed by atoms with E-state index in [-0.39, 0.29) is 11.6 Å².